The van der Waals surface area contributed by atoms with E-state index in [1.807, 2.05) is 6.07 Å². The molecule has 0 saturated carbocycles. The summed E-state index contributed by atoms with van der Waals surface area (Å²) in [5, 5.41) is 2.85. The lowest BCUT2D eigenvalue weighted by molar-refractivity contribution is 0.172. The molecule has 0 radical (unpaired) electrons. The molecule has 1 aliphatic heterocycles. The minimum absolute atomic E-state index is 0.217. The van der Waals surface area contributed by atoms with Gasteiger partial charge in [-0.15, -0.1) is 11.3 Å². The van der Waals surface area contributed by atoms with Gasteiger partial charge in [0.25, 0.3) is 10.0 Å². The zero-order chi connectivity index (χ0) is 21.0. The van der Waals surface area contributed by atoms with E-state index in [2.05, 4.69) is 5.32 Å². The Morgan fingerprint density at radius 2 is 1.79 bits per heavy atom. The van der Waals surface area contributed by atoms with Crippen molar-refractivity contribution >= 4 is 39.0 Å². The van der Waals surface area contributed by atoms with Crippen LogP contribution in [-0.2, 0) is 16.6 Å². The molecule has 2 amide bonds. The standard InChI is InChI=1S/C18H22ClN3O5S2/c1-26-14-4-3-13(11-15(14)27-2)12-20-18(23)21-7-9-22(10-8-21)29(24,25)17-6-5-16(19)28-17/h3-6,11H,7-10,12H2,1-2H3,(H,20,23). The lowest BCUT2D eigenvalue weighted by Gasteiger charge is -2.33. The molecule has 0 unspecified atom stereocenters. The Hall–Kier alpha value is -2.01. The Labute approximate surface area is 179 Å². The van der Waals surface area contributed by atoms with Gasteiger partial charge in [0.15, 0.2) is 11.5 Å². The van der Waals surface area contributed by atoms with E-state index in [1.54, 1.807) is 37.3 Å². The van der Waals surface area contributed by atoms with Gasteiger partial charge >= 0.3 is 6.03 Å². The third-order valence-electron chi connectivity index (χ3n) is 4.56. The third-order valence-corrected chi connectivity index (χ3v) is 8.16. The number of nitrogens with one attached hydrogen (secondary N) is 1. The number of piperazine rings is 1. The van der Waals surface area contributed by atoms with Crippen LogP contribution in [-0.4, -0.2) is 64.1 Å². The number of urea groups is 1. The normalized spacial score (nSPS) is 15.2. The van der Waals surface area contributed by atoms with E-state index in [0.29, 0.717) is 35.5 Å². The maximum atomic E-state index is 12.6. The molecule has 0 aliphatic carbocycles. The van der Waals surface area contributed by atoms with Crippen molar-refractivity contribution in [2.45, 2.75) is 10.8 Å². The maximum absolute atomic E-state index is 12.6. The van der Waals surface area contributed by atoms with Crippen LogP contribution < -0.4 is 14.8 Å². The van der Waals surface area contributed by atoms with Crippen LogP contribution in [0, 0.1) is 0 Å². The Morgan fingerprint density at radius 3 is 2.38 bits per heavy atom. The molecule has 3 rings (SSSR count). The lowest BCUT2D eigenvalue weighted by atomic mass is 10.2. The predicted octanol–water partition coefficient (Wildman–Crippen LogP) is 2.63. The second kappa shape index (κ2) is 9.21. The summed E-state index contributed by atoms with van der Waals surface area (Å²) in [5.41, 5.74) is 0.867. The third kappa shape index (κ3) is 4.95. The molecule has 0 spiro atoms. The minimum atomic E-state index is -3.58. The van der Waals surface area contributed by atoms with Crippen molar-refractivity contribution < 1.29 is 22.7 Å². The number of hydrogen-bond donors (Lipinski definition) is 1. The van der Waals surface area contributed by atoms with Gasteiger partial charge in [0.2, 0.25) is 0 Å². The van der Waals surface area contributed by atoms with E-state index in [0.717, 1.165) is 16.9 Å². The van der Waals surface area contributed by atoms with Gasteiger partial charge in [-0.05, 0) is 29.8 Å². The van der Waals surface area contributed by atoms with Gasteiger partial charge in [-0.1, -0.05) is 17.7 Å². The summed E-state index contributed by atoms with van der Waals surface area (Å²) in [6, 6.07) is 8.26. The molecular weight excluding hydrogens is 438 g/mol. The van der Waals surface area contributed by atoms with Gasteiger partial charge in [0.1, 0.15) is 4.21 Å². The number of rotatable bonds is 6. The largest absolute Gasteiger partial charge is 0.493 e. The van der Waals surface area contributed by atoms with E-state index in [9.17, 15) is 13.2 Å². The van der Waals surface area contributed by atoms with Crippen molar-refractivity contribution in [2.24, 2.45) is 0 Å². The summed E-state index contributed by atoms with van der Waals surface area (Å²) in [7, 11) is -0.461. The highest BCUT2D eigenvalue weighted by atomic mass is 35.5. The van der Waals surface area contributed by atoms with E-state index in [1.165, 1.54) is 10.4 Å². The molecule has 2 aromatic rings. The molecule has 2 heterocycles. The van der Waals surface area contributed by atoms with Crippen molar-refractivity contribution in [1.29, 1.82) is 0 Å². The SMILES string of the molecule is COc1ccc(CNC(=O)N2CCN(S(=O)(=O)c3ccc(Cl)s3)CC2)cc1OC. The van der Waals surface area contributed by atoms with Gasteiger partial charge in [0, 0.05) is 32.7 Å². The fraction of sp³-hybridized carbons (Fsp3) is 0.389. The fourth-order valence-corrected chi connectivity index (χ4v) is 6.03. The zero-order valence-corrected chi connectivity index (χ0v) is 18.4. The van der Waals surface area contributed by atoms with Crippen molar-refractivity contribution in [3.05, 3.63) is 40.2 Å². The molecule has 29 heavy (non-hydrogen) atoms. The molecular formula is C18H22ClN3O5S2. The number of methoxy groups -OCH3 is 2. The van der Waals surface area contributed by atoms with Gasteiger partial charge < -0.3 is 19.7 Å². The number of ether oxygens (including phenoxy) is 2. The molecule has 1 aromatic carbocycles. The van der Waals surface area contributed by atoms with Gasteiger partial charge in [0.05, 0.1) is 18.6 Å². The smallest absolute Gasteiger partial charge is 0.317 e. The van der Waals surface area contributed by atoms with E-state index in [-0.39, 0.29) is 23.3 Å². The molecule has 8 nitrogen and oxygen atoms in total. The molecule has 1 aromatic heterocycles. The molecule has 1 N–H and O–H groups in total. The first kappa shape index (κ1) is 21.7. The summed E-state index contributed by atoms with van der Waals surface area (Å²) in [4.78, 5) is 14.1. The highest BCUT2D eigenvalue weighted by Crippen LogP contribution is 2.29. The number of sulfonamides is 1. The lowest BCUT2D eigenvalue weighted by Crippen LogP contribution is -2.52. The van der Waals surface area contributed by atoms with Crippen LogP contribution in [0.2, 0.25) is 4.34 Å². The summed E-state index contributed by atoms with van der Waals surface area (Å²) >= 11 is 6.88. The molecule has 0 atom stereocenters. The number of nitrogens with zero attached hydrogens (tertiary/aromatic N) is 2. The summed E-state index contributed by atoms with van der Waals surface area (Å²) in [5.74, 6) is 1.21. The average molecular weight is 460 g/mol. The Morgan fingerprint density at radius 1 is 1.10 bits per heavy atom. The Balaban J connectivity index is 1.54. The molecule has 1 fully saturated rings. The van der Waals surface area contributed by atoms with Crippen molar-refractivity contribution in [1.82, 2.24) is 14.5 Å². The van der Waals surface area contributed by atoms with Crippen LogP contribution in [0.3, 0.4) is 0 Å². The average Bonchev–Trinajstić information content (AvgIpc) is 3.19. The summed E-state index contributed by atoms with van der Waals surface area (Å²) in [6.07, 6.45) is 0. The number of thiophene rings is 1. The second-order valence-corrected chi connectivity index (χ2v) is 10.2. The second-order valence-electron chi connectivity index (χ2n) is 6.30. The molecule has 1 saturated heterocycles. The predicted molar refractivity (Wildman–Crippen MR) is 111 cm³/mol. The number of amides is 2. The topological polar surface area (TPSA) is 88.2 Å². The van der Waals surface area contributed by atoms with E-state index >= 15 is 0 Å². The number of hydrogen-bond acceptors (Lipinski definition) is 6. The zero-order valence-electron chi connectivity index (χ0n) is 16.1. The van der Waals surface area contributed by atoms with Gasteiger partial charge in [-0.3, -0.25) is 0 Å². The van der Waals surface area contributed by atoms with Crippen LogP contribution in [0.25, 0.3) is 0 Å². The van der Waals surface area contributed by atoms with Gasteiger partial charge in [-0.2, -0.15) is 4.31 Å². The van der Waals surface area contributed by atoms with Crippen LogP contribution in [0.4, 0.5) is 4.79 Å². The Kier molecular flexibility index (Phi) is 6.89. The maximum Gasteiger partial charge on any atom is 0.317 e. The molecule has 158 valence electrons. The number of carbonyl (C=O) groups excluding carboxylic acids is 1. The van der Waals surface area contributed by atoms with Crippen molar-refractivity contribution in [2.75, 3.05) is 40.4 Å². The summed E-state index contributed by atoms with van der Waals surface area (Å²) in [6.45, 7) is 1.43. The highest BCUT2D eigenvalue weighted by molar-refractivity contribution is 7.91. The molecule has 0 bridgehead atoms. The quantitative estimate of drug-likeness (QED) is 0.717. The Bertz CT molecular complexity index is 972. The first-order valence-electron chi connectivity index (χ1n) is 8.84. The van der Waals surface area contributed by atoms with Crippen LogP contribution in [0.5, 0.6) is 11.5 Å². The van der Waals surface area contributed by atoms with Gasteiger partial charge in [-0.25, -0.2) is 13.2 Å². The van der Waals surface area contributed by atoms with E-state index in [4.69, 9.17) is 21.1 Å². The first-order chi connectivity index (χ1) is 13.8. The molecule has 1 aliphatic rings. The van der Waals surface area contributed by atoms with Crippen LogP contribution in [0.15, 0.2) is 34.5 Å². The summed E-state index contributed by atoms with van der Waals surface area (Å²) < 4.78 is 37.8. The number of halogens is 1. The highest BCUT2D eigenvalue weighted by Gasteiger charge is 2.31. The number of carbonyl (C=O) groups is 1. The van der Waals surface area contributed by atoms with Crippen molar-refractivity contribution in [3.63, 3.8) is 0 Å². The fourth-order valence-electron chi connectivity index (χ4n) is 2.98. The van der Waals surface area contributed by atoms with Crippen LogP contribution in [0.1, 0.15) is 5.56 Å². The number of benzene rings is 1. The van der Waals surface area contributed by atoms with Crippen LogP contribution >= 0.6 is 22.9 Å². The first-order valence-corrected chi connectivity index (χ1v) is 11.5. The van der Waals surface area contributed by atoms with Crippen molar-refractivity contribution in [3.8, 4) is 11.5 Å². The molecule has 11 heteroatoms. The monoisotopic (exact) mass is 459 g/mol. The van der Waals surface area contributed by atoms with E-state index < -0.39 is 10.0 Å². The minimum Gasteiger partial charge on any atom is -0.493 e.